The van der Waals surface area contributed by atoms with Crippen molar-refractivity contribution in [3.63, 3.8) is 0 Å². The molecule has 1 aliphatic rings. The normalized spacial score (nSPS) is 14.7. The van der Waals surface area contributed by atoms with Crippen molar-refractivity contribution in [3.8, 4) is 5.75 Å². The molecule has 0 radical (unpaired) electrons. The molecular weight excluding hydrogens is 278 g/mol. The first-order chi connectivity index (χ1) is 9.20. The lowest BCUT2D eigenvalue weighted by molar-refractivity contribution is 0.339. The van der Waals surface area contributed by atoms with Crippen LogP contribution in [0.1, 0.15) is 0 Å². The third-order valence-electron chi connectivity index (χ3n) is 2.58. The minimum atomic E-state index is 0.103. The Labute approximate surface area is 121 Å². The highest BCUT2D eigenvalue weighted by molar-refractivity contribution is 8.79. The molecule has 19 heavy (non-hydrogen) atoms. The van der Waals surface area contributed by atoms with E-state index in [1.165, 1.54) is 0 Å². The molecule has 0 fully saturated rings. The SMILES string of the molecule is CN(C)c1ccccc1OCC1=CC=C(CO)SS1. The van der Waals surface area contributed by atoms with E-state index in [4.69, 9.17) is 9.84 Å². The summed E-state index contributed by atoms with van der Waals surface area (Å²) in [5.41, 5.74) is 1.07. The number of rotatable bonds is 5. The first kappa shape index (κ1) is 14.4. The predicted octanol–water partition coefficient (Wildman–Crippen LogP) is 3.29. The van der Waals surface area contributed by atoms with Crippen LogP contribution in [0.5, 0.6) is 5.75 Å². The lowest BCUT2D eigenvalue weighted by atomic mass is 10.3. The number of nitrogens with zero attached hydrogens (tertiary/aromatic N) is 1. The molecule has 0 bridgehead atoms. The van der Waals surface area contributed by atoms with Crippen molar-refractivity contribution in [1.82, 2.24) is 0 Å². The molecule has 1 aromatic rings. The monoisotopic (exact) mass is 295 g/mol. The lowest BCUT2D eigenvalue weighted by Gasteiger charge is -2.18. The van der Waals surface area contributed by atoms with E-state index in [-0.39, 0.29) is 6.61 Å². The third kappa shape index (κ3) is 3.96. The number of ether oxygens (including phenoxy) is 1. The molecule has 0 saturated heterocycles. The van der Waals surface area contributed by atoms with E-state index < -0.39 is 0 Å². The molecule has 1 aromatic carbocycles. The van der Waals surface area contributed by atoms with Gasteiger partial charge in [0.25, 0.3) is 0 Å². The fourth-order valence-electron chi connectivity index (χ4n) is 1.60. The number of para-hydroxylation sites is 2. The molecule has 1 heterocycles. The summed E-state index contributed by atoms with van der Waals surface area (Å²) in [5.74, 6) is 0.885. The highest BCUT2D eigenvalue weighted by Crippen LogP contribution is 2.40. The first-order valence-electron chi connectivity index (χ1n) is 5.95. The molecule has 102 valence electrons. The fourth-order valence-corrected chi connectivity index (χ4v) is 3.50. The van der Waals surface area contributed by atoms with Gasteiger partial charge in [0.2, 0.25) is 0 Å². The standard InChI is InChI=1S/C14H17NO2S2/c1-15(2)13-5-3-4-6-14(13)17-10-12-8-7-11(9-16)18-19-12/h3-8,16H,9-10H2,1-2H3. The van der Waals surface area contributed by atoms with Crippen LogP contribution in [0.2, 0.25) is 0 Å². The number of benzene rings is 1. The molecule has 2 rings (SSSR count). The summed E-state index contributed by atoms with van der Waals surface area (Å²) >= 11 is 0. The van der Waals surface area contributed by atoms with E-state index in [1.807, 2.05) is 55.4 Å². The Morgan fingerprint density at radius 1 is 1.11 bits per heavy atom. The van der Waals surface area contributed by atoms with Gasteiger partial charge in [0.15, 0.2) is 0 Å². The minimum Gasteiger partial charge on any atom is -0.486 e. The summed E-state index contributed by atoms with van der Waals surface area (Å²) in [7, 11) is 7.23. The van der Waals surface area contributed by atoms with Crippen molar-refractivity contribution in [2.45, 2.75) is 0 Å². The molecule has 0 atom stereocenters. The fraction of sp³-hybridized carbons (Fsp3) is 0.286. The van der Waals surface area contributed by atoms with Crippen molar-refractivity contribution in [1.29, 1.82) is 0 Å². The minimum absolute atomic E-state index is 0.103. The maximum atomic E-state index is 9.01. The van der Waals surface area contributed by atoms with Gasteiger partial charge in [-0.3, -0.25) is 0 Å². The summed E-state index contributed by atoms with van der Waals surface area (Å²) in [5, 5.41) is 9.01. The van der Waals surface area contributed by atoms with E-state index in [9.17, 15) is 0 Å². The van der Waals surface area contributed by atoms with Crippen molar-refractivity contribution in [2.24, 2.45) is 0 Å². The number of hydrogen-bond acceptors (Lipinski definition) is 5. The smallest absolute Gasteiger partial charge is 0.143 e. The quantitative estimate of drug-likeness (QED) is 0.843. The molecule has 1 N–H and O–H groups in total. The van der Waals surface area contributed by atoms with Gasteiger partial charge >= 0.3 is 0 Å². The van der Waals surface area contributed by atoms with Crippen LogP contribution in [-0.4, -0.2) is 32.4 Å². The number of hydrogen-bond donors (Lipinski definition) is 1. The molecule has 0 aliphatic carbocycles. The maximum absolute atomic E-state index is 9.01. The average Bonchev–Trinajstić information content (AvgIpc) is 2.46. The van der Waals surface area contributed by atoms with Crippen LogP contribution in [0.25, 0.3) is 0 Å². The zero-order valence-electron chi connectivity index (χ0n) is 11.0. The second-order valence-electron chi connectivity index (χ2n) is 4.24. The van der Waals surface area contributed by atoms with Crippen molar-refractivity contribution in [3.05, 3.63) is 46.2 Å². The van der Waals surface area contributed by atoms with Gasteiger partial charge < -0.3 is 14.7 Å². The number of allylic oxidation sites excluding steroid dienone is 2. The predicted molar refractivity (Wildman–Crippen MR) is 84.7 cm³/mol. The van der Waals surface area contributed by atoms with E-state index in [0.29, 0.717) is 6.61 Å². The van der Waals surface area contributed by atoms with Crippen molar-refractivity contribution >= 4 is 27.3 Å². The lowest BCUT2D eigenvalue weighted by Crippen LogP contribution is -2.11. The van der Waals surface area contributed by atoms with Gasteiger partial charge in [-0.2, -0.15) is 0 Å². The van der Waals surface area contributed by atoms with Gasteiger partial charge in [-0.15, -0.1) is 0 Å². The first-order valence-corrected chi connectivity index (χ1v) is 8.10. The zero-order valence-corrected chi connectivity index (χ0v) is 12.6. The third-order valence-corrected chi connectivity index (χ3v) is 5.15. The second kappa shape index (κ2) is 6.93. The van der Waals surface area contributed by atoms with Crippen LogP contribution in [0.15, 0.2) is 46.2 Å². The Balaban J connectivity index is 2.00. The summed E-state index contributed by atoms with van der Waals surface area (Å²) in [6, 6.07) is 7.99. The van der Waals surface area contributed by atoms with Crippen LogP contribution in [0.4, 0.5) is 5.69 Å². The van der Waals surface area contributed by atoms with Gasteiger partial charge in [0.05, 0.1) is 12.3 Å². The summed E-state index contributed by atoms with van der Waals surface area (Å²) in [6.45, 7) is 0.656. The molecule has 5 heteroatoms. The van der Waals surface area contributed by atoms with E-state index in [1.54, 1.807) is 21.6 Å². The highest BCUT2D eigenvalue weighted by atomic mass is 33.1. The molecule has 0 amide bonds. The van der Waals surface area contributed by atoms with Crippen molar-refractivity contribution in [2.75, 3.05) is 32.2 Å². The number of anilines is 1. The summed E-state index contributed by atoms with van der Waals surface area (Å²) in [4.78, 5) is 4.16. The zero-order chi connectivity index (χ0) is 13.7. The Morgan fingerprint density at radius 2 is 1.79 bits per heavy atom. The van der Waals surface area contributed by atoms with Crippen molar-refractivity contribution < 1.29 is 9.84 Å². The molecule has 1 aliphatic heterocycles. The summed E-state index contributed by atoms with van der Waals surface area (Å²) in [6.07, 6.45) is 3.95. The maximum Gasteiger partial charge on any atom is 0.143 e. The van der Waals surface area contributed by atoms with E-state index >= 15 is 0 Å². The molecule has 0 aromatic heterocycles. The van der Waals surface area contributed by atoms with Crippen LogP contribution < -0.4 is 9.64 Å². The largest absolute Gasteiger partial charge is 0.486 e. The van der Waals surface area contributed by atoms with Crippen LogP contribution in [-0.2, 0) is 0 Å². The van der Waals surface area contributed by atoms with Gasteiger partial charge in [-0.1, -0.05) is 33.7 Å². The van der Waals surface area contributed by atoms with Gasteiger partial charge in [0.1, 0.15) is 12.4 Å². The summed E-state index contributed by atoms with van der Waals surface area (Å²) < 4.78 is 5.87. The molecule has 0 unspecified atom stereocenters. The molecule has 0 spiro atoms. The molecule has 0 saturated carbocycles. The van der Waals surface area contributed by atoms with E-state index in [2.05, 4.69) is 0 Å². The molecule has 3 nitrogen and oxygen atoms in total. The van der Waals surface area contributed by atoms with Gasteiger partial charge in [-0.05, 0) is 24.3 Å². The Morgan fingerprint density at radius 3 is 2.42 bits per heavy atom. The van der Waals surface area contributed by atoms with Gasteiger partial charge in [-0.25, -0.2) is 0 Å². The van der Waals surface area contributed by atoms with Crippen LogP contribution in [0, 0.1) is 0 Å². The Kier molecular flexibility index (Phi) is 5.24. The van der Waals surface area contributed by atoms with Crippen LogP contribution in [0.3, 0.4) is 0 Å². The average molecular weight is 295 g/mol. The van der Waals surface area contributed by atoms with Crippen LogP contribution >= 0.6 is 21.6 Å². The topological polar surface area (TPSA) is 32.7 Å². The Hall–Kier alpha value is -1.04. The van der Waals surface area contributed by atoms with E-state index in [0.717, 1.165) is 21.2 Å². The highest BCUT2D eigenvalue weighted by Gasteiger charge is 2.10. The van der Waals surface area contributed by atoms with Gasteiger partial charge in [0, 0.05) is 23.9 Å². The molecular formula is C14H17NO2S2. The second-order valence-corrected chi connectivity index (χ2v) is 6.62. The number of aliphatic hydroxyl groups is 1. The Bertz CT molecular complexity index is 498. The number of aliphatic hydroxyl groups excluding tert-OH is 1.